The van der Waals surface area contributed by atoms with Crippen LogP contribution in [0.2, 0.25) is 0 Å². The number of nitrogens with one attached hydrogen (secondary N) is 2. The van der Waals surface area contributed by atoms with Gasteiger partial charge in [0, 0.05) is 17.2 Å². The summed E-state index contributed by atoms with van der Waals surface area (Å²) in [5, 5.41) is 9.95. The van der Waals surface area contributed by atoms with Gasteiger partial charge in [-0.2, -0.15) is 5.10 Å². The summed E-state index contributed by atoms with van der Waals surface area (Å²) in [4.78, 5) is 29.3. The molecule has 2 heterocycles. The van der Waals surface area contributed by atoms with Crippen LogP contribution in [0.3, 0.4) is 0 Å². The second kappa shape index (κ2) is 7.70. The van der Waals surface area contributed by atoms with Crippen LogP contribution in [0, 0.1) is 13.8 Å². The highest BCUT2D eigenvalue weighted by atomic mass is 16.2. The zero-order chi connectivity index (χ0) is 23.4. The van der Waals surface area contributed by atoms with Crippen LogP contribution in [-0.2, 0) is 12.8 Å². The number of hydrogen-bond donors (Lipinski definition) is 2. The van der Waals surface area contributed by atoms with E-state index in [1.165, 1.54) is 11.1 Å². The van der Waals surface area contributed by atoms with Gasteiger partial charge in [-0.1, -0.05) is 60.7 Å². The smallest absolute Gasteiger partial charge is 0.274 e. The highest BCUT2D eigenvalue weighted by molar-refractivity contribution is 5.96. The summed E-state index contributed by atoms with van der Waals surface area (Å²) in [7, 11) is 0. The molecular formula is C28H24N4O2. The Hall–Kier alpha value is -4.19. The molecule has 0 unspecified atom stereocenters. The fourth-order valence-corrected chi connectivity index (χ4v) is 5.13. The van der Waals surface area contributed by atoms with E-state index in [1.54, 1.807) is 11.4 Å². The van der Waals surface area contributed by atoms with Crippen molar-refractivity contribution in [3.05, 3.63) is 105 Å². The van der Waals surface area contributed by atoms with Crippen LogP contribution in [-0.4, -0.2) is 26.5 Å². The van der Waals surface area contributed by atoms with Gasteiger partial charge in [-0.3, -0.25) is 9.59 Å². The van der Waals surface area contributed by atoms with Crippen molar-refractivity contribution in [2.45, 2.75) is 32.7 Å². The Balaban J connectivity index is 1.38. The molecule has 0 fully saturated rings. The summed E-state index contributed by atoms with van der Waals surface area (Å²) < 4.78 is 1.61. The number of amides is 1. The van der Waals surface area contributed by atoms with Crippen LogP contribution >= 0.6 is 0 Å². The molecule has 6 heteroatoms. The Morgan fingerprint density at radius 3 is 2.38 bits per heavy atom. The Bertz CT molecular complexity index is 1640. The minimum absolute atomic E-state index is 0.0293. The molecule has 6 nitrogen and oxygen atoms in total. The van der Waals surface area contributed by atoms with Crippen LogP contribution in [0.5, 0.6) is 0 Å². The number of rotatable bonds is 3. The molecule has 0 radical (unpaired) electrons. The van der Waals surface area contributed by atoms with Gasteiger partial charge in [-0.25, -0.2) is 4.52 Å². The summed E-state index contributed by atoms with van der Waals surface area (Å²) in [6.07, 6.45) is 1.61. The van der Waals surface area contributed by atoms with E-state index >= 15 is 0 Å². The highest BCUT2D eigenvalue weighted by Gasteiger charge is 2.26. The van der Waals surface area contributed by atoms with Gasteiger partial charge in [-0.15, -0.1) is 0 Å². The van der Waals surface area contributed by atoms with Gasteiger partial charge in [0.25, 0.3) is 11.5 Å². The number of benzene rings is 3. The van der Waals surface area contributed by atoms with Crippen molar-refractivity contribution in [3.63, 3.8) is 0 Å². The van der Waals surface area contributed by atoms with Gasteiger partial charge in [0.1, 0.15) is 5.52 Å². The van der Waals surface area contributed by atoms with Gasteiger partial charge in [0.2, 0.25) is 0 Å². The third kappa shape index (κ3) is 3.22. The molecule has 1 aliphatic rings. The summed E-state index contributed by atoms with van der Waals surface area (Å²) in [6.45, 7) is 3.69. The largest absolute Gasteiger partial charge is 0.347 e. The maximum absolute atomic E-state index is 13.2. The fraction of sp³-hybridized carbons (Fsp3) is 0.179. The Morgan fingerprint density at radius 2 is 1.65 bits per heavy atom. The molecule has 3 aromatic carbocycles. The third-order valence-corrected chi connectivity index (χ3v) is 6.89. The molecule has 0 spiro atoms. The van der Waals surface area contributed by atoms with E-state index in [1.807, 2.05) is 49.4 Å². The molecule has 5 aromatic rings. The van der Waals surface area contributed by atoms with E-state index < -0.39 is 0 Å². The molecule has 1 aliphatic carbocycles. The van der Waals surface area contributed by atoms with E-state index in [9.17, 15) is 9.59 Å². The normalized spacial score (nSPS) is 13.5. The fourth-order valence-electron chi connectivity index (χ4n) is 5.13. The second-order valence-corrected chi connectivity index (χ2v) is 9.06. The van der Waals surface area contributed by atoms with Crippen molar-refractivity contribution in [3.8, 4) is 11.3 Å². The predicted octanol–water partition coefficient (Wildman–Crippen LogP) is 4.36. The number of fused-ring (bicyclic) bond motifs is 3. The highest BCUT2D eigenvalue weighted by Crippen LogP contribution is 2.26. The molecule has 0 atom stereocenters. The van der Waals surface area contributed by atoms with Crippen LogP contribution in [0.4, 0.5) is 0 Å². The number of nitrogens with zero attached hydrogens (tertiary/aromatic N) is 2. The molecule has 0 saturated carbocycles. The maximum atomic E-state index is 13.2. The molecule has 1 amide bonds. The van der Waals surface area contributed by atoms with Gasteiger partial charge in [0.15, 0.2) is 5.69 Å². The van der Waals surface area contributed by atoms with E-state index in [-0.39, 0.29) is 17.5 Å². The topological polar surface area (TPSA) is 79.3 Å². The first-order valence-electron chi connectivity index (χ1n) is 11.5. The average molecular weight is 449 g/mol. The number of aryl methyl sites for hydroxylation is 2. The first kappa shape index (κ1) is 20.4. The number of carbonyl (C=O) groups excluding carboxylic acids is 1. The van der Waals surface area contributed by atoms with Gasteiger partial charge >= 0.3 is 0 Å². The third-order valence-electron chi connectivity index (χ3n) is 6.89. The molecule has 0 bridgehead atoms. The first-order chi connectivity index (χ1) is 16.5. The average Bonchev–Trinajstić information content (AvgIpc) is 3.42. The molecule has 2 aromatic heterocycles. The molecule has 34 heavy (non-hydrogen) atoms. The summed E-state index contributed by atoms with van der Waals surface area (Å²) in [6, 6.07) is 22.5. The minimum atomic E-state index is -0.258. The summed E-state index contributed by atoms with van der Waals surface area (Å²) >= 11 is 0. The predicted molar refractivity (Wildman–Crippen MR) is 133 cm³/mol. The van der Waals surface area contributed by atoms with Crippen LogP contribution in [0.1, 0.15) is 32.9 Å². The molecule has 0 saturated heterocycles. The van der Waals surface area contributed by atoms with Crippen molar-refractivity contribution in [2.24, 2.45) is 0 Å². The Kier molecular flexibility index (Phi) is 4.62. The first-order valence-corrected chi connectivity index (χ1v) is 11.5. The zero-order valence-corrected chi connectivity index (χ0v) is 19.1. The van der Waals surface area contributed by atoms with E-state index in [0.29, 0.717) is 22.5 Å². The molecule has 168 valence electrons. The van der Waals surface area contributed by atoms with Gasteiger partial charge in [0.05, 0.1) is 11.4 Å². The van der Waals surface area contributed by atoms with E-state index in [2.05, 4.69) is 39.7 Å². The van der Waals surface area contributed by atoms with Gasteiger partial charge < -0.3 is 10.3 Å². The van der Waals surface area contributed by atoms with Crippen molar-refractivity contribution in [2.75, 3.05) is 0 Å². The lowest BCUT2D eigenvalue weighted by molar-refractivity contribution is 0.0932. The Morgan fingerprint density at radius 1 is 0.971 bits per heavy atom. The molecular weight excluding hydrogens is 424 g/mol. The van der Waals surface area contributed by atoms with Crippen molar-refractivity contribution >= 4 is 22.2 Å². The quantitative estimate of drug-likeness (QED) is 0.431. The molecule has 6 rings (SSSR count). The van der Waals surface area contributed by atoms with Gasteiger partial charge in [-0.05, 0) is 54.7 Å². The zero-order valence-electron chi connectivity index (χ0n) is 19.1. The lowest BCUT2D eigenvalue weighted by Crippen LogP contribution is -2.35. The standard InChI is InChI=1S/C28H24N4O2/c1-16-24(27(33)29-23-14-20-9-5-6-10-21(20)15-23)31-32-17(2)25(30-28(34)26(16)32)22-12-11-18-7-3-4-8-19(18)13-22/h3-13,23H,14-15H2,1-2H3,(H,29,33)(H,30,34). The summed E-state index contributed by atoms with van der Waals surface area (Å²) in [5.41, 5.74) is 5.94. The number of carbonyl (C=O) groups is 1. The number of aromatic nitrogens is 3. The minimum Gasteiger partial charge on any atom is -0.347 e. The van der Waals surface area contributed by atoms with Crippen molar-refractivity contribution in [1.29, 1.82) is 0 Å². The second-order valence-electron chi connectivity index (χ2n) is 9.06. The lowest BCUT2D eigenvalue weighted by Gasteiger charge is -2.11. The summed E-state index contributed by atoms with van der Waals surface area (Å²) in [5.74, 6) is -0.245. The SMILES string of the molecule is Cc1c(C(=O)NC2Cc3ccccc3C2)nn2c(C)c(-c3ccc4ccccc4c3)[nH]c(=O)c12. The van der Waals surface area contributed by atoms with E-state index in [4.69, 9.17) is 0 Å². The van der Waals surface area contributed by atoms with Crippen molar-refractivity contribution < 1.29 is 4.79 Å². The Labute approximate surface area is 196 Å². The van der Waals surface area contributed by atoms with Crippen LogP contribution in [0.15, 0.2) is 71.5 Å². The number of H-pyrrole nitrogens is 1. The van der Waals surface area contributed by atoms with Crippen LogP contribution in [0.25, 0.3) is 27.5 Å². The lowest BCUT2D eigenvalue weighted by atomic mass is 10.0. The monoisotopic (exact) mass is 448 g/mol. The number of hydrogen-bond acceptors (Lipinski definition) is 3. The van der Waals surface area contributed by atoms with Crippen LogP contribution < -0.4 is 10.9 Å². The van der Waals surface area contributed by atoms with Crippen molar-refractivity contribution in [1.82, 2.24) is 19.9 Å². The molecule has 2 N–H and O–H groups in total. The molecule has 0 aliphatic heterocycles. The van der Waals surface area contributed by atoms with E-state index in [0.717, 1.165) is 34.9 Å². The number of aromatic amines is 1. The maximum Gasteiger partial charge on any atom is 0.274 e.